The van der Waals surface area contributed by atoms with E-state index in [1.807, 2.05) is 12.1 Å². The Morgan fingerprint density at radius 1 is 1.38 bits per heavy atom. The van der Waals surface area contributed by atoms with Crippen LogP contribution in [0.2, 0.25) is 0 Å². The molecule has 0 atom stereocenters. The summed E-state index contributed by atoms with van der Waals surface area (Å²) in [5.41, 5.74) is 0.733. The minimum Gasteiger partial charge on any atom is -0.326 e. The van der Waals surface area contributed by atoms with Gasteiger partial charge in [-0.05, 0) is 24.3 Å². The highest BCUT2D eigenvalue weighted by Crippen LogP contribution is 2.14. The van der Waals surface area contributed by atoms with Crippen molar-refractivity contribution in [2.45, 2.75) is 6.42 Å². The monoisotopic (exact) mass is 281 g/mol. The summed E-state index contributed by atoms with van der Waals surface area (Å²) >= 11 is 3.32. The Balaban J connectivity index is 1.95. The van der Waals surface area contributed by atoms with E-state index >= 15 is 0 Å². The van der Waals surface area contributed by atoms with E-state index in [1.165, 1.54) is 0 Å². The highest BCUT2D eigenvalue weighted by Gasteiger charge is 2.07. The van der Waals surface area contributed by atoms with Crippen molar-refractivity contribution in [3.63, 3.8) is 0 Å². The number of carbonyl (C=O) groups excluding carboxylic acids is 1. The summed E-state index contributed by atoms with van der Waals surface area (Å²) in [5.74, 6) is 0.193. The Morgan fingerprint density at radius 3 is 2.75 bits per heavy atom. The molecule has 2 aromatic rings. The number of halogens is 1. The van der Waals surface area contributed by atoms with Crippen LogP contribution < -0.4 is 5.32 Å². The Hall–Kier alpha value is -1.76. The summed E-state index contributed by atoms with van der Waals surface area (Å²) in [6.45, 7) is 0. The Morgan fingerprint density at radius 2 is 2.12 bits per heavy atom. The lowest BCUT2D eigenvalue weighted by Gasteiger charge is -2.02. The second-order valence-corrected chi connectivity index (χ2v) is 3.98. The molecule has 2 rings (SSSR count). The molecule has 0 aliphatic carbocycles. The number of rotatable bonds is 3. The summed E-state index contributed by atoms with van der Waals surface area (Å²) in [5, 5.41) is 15.8. The number of benzene rings is 1. The smallest absolute Gasteiger partial charge is 0.232 e. The number of nitrogens with one attached hydrogen (secondary N) is 2. The van der Waals surface area contributed by atoms with Crippen molar-refractivity contribution in [2.24, 2.45) is 0 Å². The number of H-pyrrole nitrogens is 1. The van der Waals surface area contributed by atoms with Gasteiger partial charge >= 0.3 is 0 Å². The Bertz CT molecular complexity index is 467. The molecule has 6 nitrogen and oxygen atoms in total. The average molecular weight is 282 g/mol. The van der Waals surface area contributed by atoms with Crippen molar-refractivity contribution >= 4 is 27.5 Å². The Labute approximate surface area is 99.6 Å². The zero-order valence-corrected chi connectivity index (χ0v) is 9.73. The number of anilines is 1. The molecule has 0 saturated carbocycles. The lowest BCUT2D eigenvalue weighted by atomic mass is 10.3. The van der Waals surface area contributed by atoms with E-state index in [2.05, 4.69) is 41.9 Å². The summed E-state index contributed by atoms with van der Waals surface area (Å²) in [7, 11) is 0. The molecule has 0 saturated heterocycles. The first-order valence-corrected chi connectivity index (χ1v) is 5.31. The topological polar surface area (TPSA) is 83.6 Å². The van der Waals surface area contributed by atoms with Crippen LogP contribution in [-0.2, 0) is 11.2 Å². The van der Waals surface area contributed by atoms with Crippen LogP contribution in [0, 0.1) is 0 Å². The zero-order valence-electron chi connectivity index (χ0n) is 8.14. The van der Waals surface area contributed by atoms with E-state index in [0.717, 1.165) is 10.2 Å². The third-order valence-electron chi connectivity index (χ3n) is 1.84. The fourth-order valence-electron chi connectivity index (χ4n) is 1.14. The maximum absolute atomic E-state index is 11.5. The van der Waals surface area contributed by atoms with Crippen LogP contribution in [0.4, 0.5) is 5.69 Å². The van der Waals surface area contributed by atoms with E-state index in [4.69, 9.17) is 0 Å². The minimum absolute atomic E-state index is 0.104. The van der Waals surface area contributed by atoms with E-state index in [-0.39, 0.29) is 12.3 Å². The maximum Gasteiger partial charge on any atom is 0.232 e. The molecule has 2 N–H and O–H groups in total. The molecular weight excluding hydrogens is 274 g/mol. The number of aromatic amines is 1. The number of nitrogens with zero attached hydrogens (tertiary/aromatic N) is 3. The lowest BCUT2D eigenvalue weighted by Crippen LogP contribution is -2.15. The van der Waals surface area contributed by atoms with Gasteiger partial charge in [0.2, 0.25) is 5.91 Å². The molecule has 0 aliphatic heterocycles. The number of carbonyl (C=O) groups is 1. The predicted octanol–water partition coefficient (Wildman–Crippen LogP) is 1.14. The standard InChI is InChI=1S/C9H8BrN5O/c10-6-1-3-7(4-2-6)11-9(16)5-8-12-14-15-13-8/h1-4H,5H2,(H,11,16)(H,12,13,14,15). The zero-order chi connectivity index (χ0) is 11.4. The largest absolute Gasteiger partial charge is 0.326 e. The number of aromatic nitrogens is 4. The van der Waals surface area contributed by atoms with E-state index in [0.29, 0.717) is 5.82 Å². The summed E-state index contributed by atoms with van der Waals surface area (Å²) in [6, 6.07) is 7.31. The second kappa shape index (κ2) is 4.84. The molecule has 0 bridgehead atoms. The van der Waals surface area contributed by atoms with Crippen molar-refractivity contribution < 1.29 is 4.79 Å². The van der Waals surface area contributed by atoms with Crippen molar-refractivity contribution in [1.82, 2.24) is 20.6 Å². The summed E-state index contributed by atoms with van der Waals surface area (Å²) < 4.78 is 0.962. The maximum atomic E-state index is 11.5. The summed E-state index contributed by atoms with van der Waals surface area (Å²) in [4.78, 5) is 11.5. The molecule has 0 radical (unpaired) electrons. The van der Waals surface area contributed by atoms with Crippen molar-refractivity contribution in [3.05, 3.63) is 34.6 Å². The van der Waals surface area contributed by atoms with Gasteiger partial charge in [-0.3, -0.25) is 4.79 Å². The number of hydrogen-bond acceptors (Lipinski definition) is 4. The molecule has 7 heteroatoms. The van der Waals surface area contributed by atoms with Gasteiger partial charge in [-0.1, -0.05) is 21.1 Å². The van der Waals surface area contributed by atoms with Crippen molar-refractivity contribution in [3.8, 4) is 0 Å². The van der Waals surface area contributed by atoms with Gasteiger partial charge in [-0.15, -0.1) is 10.2 Å². The van der Waals surface area contributed by atoms with Gasteiger partial charge in [0.1, 0.15) is 0 Å². The predicted molar refractivity (Wildman–Crippen MR) is 60.7 cm³/mol. The first-order chi connectivity index (χ1) is 7.74. The van der Waals surface area contributed by atoms with Gasteiger partial charge in [0.15, 0.2) is 5.82 Å². The van der Waals surface area contributed by atoms with Crippen LogP contribution >= 0.6 is 15.9 Å². The van der Waals surface area contributed by atoms with Crippen molar-refractivity contribution in [1.29, 1.82) is 0 Å². The number of tetrazole rings is 1. The van der Waals surface area contributed by atoms with Crippen LogP contribution in [-0.4, -0.2) is 26.5 Å². The third kappa shape index (κ3) is 2.86. The normalized spacial score (nSPS) is 10.1. The molecule has 0 spiro atoms. The molecule has 1 amide bonds. The first kappa shape index (κ1) is 10.7. The molecule has 82 valence electrons. The lowest BCUT2D eigenvalue weighted by molar-refractivity contribution is -0.115. The number of hydrogen-bond donors (Lipinski definition) is 2. The molecule has 0 unspecified atom stereocenters. The SMILES string of the molecule is O=C(Cc1nn[nH]n1)Nc1ccc(Br)cc1. The molecule has 1 heterocycles. The molecular formula is C9H8BrN5O. The molecule has 0 fully saturated rings. The fourth-order valence-corrected chi connectivity index (χ4v) is 1.40. The van der Waals surface area contributed by atoms with Gasteiger partial charge in [-0.25, -0.2) is 0 Å². The van der Waals surface area contributed by atoms with Crippen LogP contribution in [0.3, 0.4) is 0 Å². The van der Waals surface area contributed by atoms with Gasteiger partial charge in [0.05, 0.1) is 6.42 Å². The average Bonchev–Trinajstić information content (AvgIpc) is 2.74. The van der Waals surface area contributed by atoms with Crippen LogP contribution in [0.5, 0.6) is 0 Å². The van der Waals surface area contributed by atoms with E-state index in [1.54, 1.807) is 12.1 Å². The van der Waals surface area contributed by atoms with Crippen LogP contribution in [0.1, 0.15) is 5.82 Å². The van der Waals surface area contributed by atoms with Gasteiger partial charge in [-0.2, -0.15) is 5.21 Å². The molecule has 1 aromatic carbocycles. The molecule has 16 heavy (non-hydrogen) atoms. The first-order valence-electron chi connectivity index (χ1n) is 4.52. The minimum atomic E-state index is -0.177. The quantitative estimate of drug-likeness (QED) is 0.884. The van der Waals surface area contributed by atoms with Gasteiger partial charge < -0.3 is 5.32 Å². The second-order valence-electron chi connectivity index (χ2n) is 3.06. The fraction of sp³-hybridized carbons (Fsp3) is 0.111. The number of amides is 1. The summed E-state index contributed by atoms with van der Waals surface area (Å²) in [6.07, 6.45) is 0.104. The highest BCUT2D eigenvalue weighted by atomic mass is 79.9. The van der Waals surface area contributed by atoms with E-state index < -0.39 is 0 Å². The van der Waals surface area contributed by atoms with Crippen molar-refractivity contribution in [2.75, 3.05) is 5.32 Å². The molecule has 1 aromatic heterocycles. The third-order valence-corrected chi connectivity index (χ3v) is 2.36. The highest BCUT2D eigenvalue weighted by molar-refractivity contribution is 9.10. The van der Waals surface area contributed by atoms with Crippen LogP contribution in [0.15, 0.2) is 28.7 Å². The van der Waals surface area contributed by atoms with E-state index in [9.17, 15) is 4.79 Å². The van der Waals surface area contributed by atoms with Gasteiger partial charge in [0.25, 0.3) is 0 Å². The van der Waals surface area contributed by atoms with Gasteiger partial charge in [0, 0.05) is 10.2 Å². The molecule has 0 aliphatic rings. The van der Waals surface area contributed by atoms with Crippen LogP contribution in [0.25, 0.3) is 0 Å². The Kier molecular flexibility index (Phi) is 3.25.